The Hall–Kier alpha value is -0.740. The number of halogens is 2. The van der Waals surface area contributed by atoms with Crippen LogP contribution in [0, 0.1) is 11.7 Å². The van der Waals surface area contributed by atoms with Crippen LogP contribution in [0.5, 0.6) is 0 Å². The van der Waals surface area contributed by atoms with Gasteiger partial charge < -0.3 is 5.32 Å². The highest BCUT2D eigenvalue weighted by Gasteiger charge is 2.18. The Morgan fingerprint density at radius 2 is 2.35 bits per heavy atom. The monoisotopic (exact) mass is 299 g/mol. The van der Waals surface area contributed by atoms with E-state index in [1.807, 2.05) is 0 Å². The summed E-state index contributed by atoms with van der Waals surface area (Å²) in [6.07, 6.45) is 2.11. The van der Waals surface area contributed by atoms with Crippen LogP contribution in [0.25, 0.3) is 0 Å². The Labute approximate surface area is 109 Å². The van der Waals surface area contributed by atoms with Gasteiger partial charge in [0.15, 0.2) is 0 Å². The molecule has 92 valence electrons. The van der Waals surface area contributed by atoms with Gasteiger partial charge in [-0.05, 0) is 59.1 Å². The van der Waals surface area contributed by atoms with Crippen LogP contribution in [0.15, 0.2) is 22.7 Å². The van der Waals surface area contributed by atoms with Crippen molar-refractivity contribution in [2.75, 3.05) is 13.1 Å². The fourth-order valence-corrected chi connectivity index (χ4v) is 2.59. The van der Waals surface area contributed by atoms with Crippen molar-refractivity contribution in [2.45, 2.75) is 19.3 Å². The zero-order chi connectivity index (χ0) is 12.3. The van der Waals surface area contributed by atoms with E-state index < -0.39 is 0 Å². The summed E-state index contributed by atoms with van der Waals surface area (Å²) in [7, 11) is 0. The van der Waals surface area contributed by atoms with Gasteiger partial charge in [-0.2, -0.15) is 0 Å². The number of carbonyl (C=O) groups excluding carboxylic acids is 1. The maximum absolute atomic E-state index is 13.0. The van der Waals surface area contributed by atoms with Crippen LogP contribution in [-0.4, -0.2) is 18.9 Å². The van der Waals surface area contributed by atoms with Gasteiger partial charge in [-0.25, -0.2) is 4.39 Å². The maximum atomic E-state index is 13.0. The second-order valence-electron chi connectivity index (χ2n) is 4.53. The first-order chi connectivity index (χ1) is 8.15. The topological polar surface area (TPSA) is 29.1 Å². The molecule has 0 saturated carbocycles. The lowest BCUT2D eigenvalue weighted by Crippen LogP contribution is -2.14. The molecule has 1 aromatic rings. The molecule has 2 nitrogen and oxygen atoms in total. The van der Waals surface area contributed by atoms with E-state index in [0.29, 0.717) is 23.2 Å². The predicted molar refractivity (Wildman–Crippen MR) is 68.4 cm³/mol. The van der Waals surface area contributed by atoms with Crippen LogP contribution < -0.4 is 5.32 Å². The number of benzene rings is 1. The van der Waals surface area contributed by atoms with Crippen molar-refractivity contribution in [3.63, 3.8) is 0 Å². The quantitative estimate of drug-likeness (QED) is 0.926. The third-order valence-corrected chi connectivity index (χ3v) is 3.67. The summed E-state index contributed by atoms with van der Waals surface area (Å²) in [5, 5.41) is 3.25. The summed E-state index contributed by atoms with van der Waals surface area (Å²) in [5.41, 5.74) is 0.870. The Morgan fingerprint density at radius 1 is 1.53 bits per heavy atom. The van der Waals surface area contributed by atoms with Gasteiger partial charge in [-0.1, -0.05) is 6.07 Å². The van der Waals surface area contributed by atoms with E-state index in [1.165, 1.54) is 6.07 Å². The minimum atomic E-state index is -0.291. The van der Waals surface area contributed by atoms with Gasteiger partial charge in [-0.15, -0.1) is 0 Å². The minimum absolute atomic E-state index is 0.234. The smallest absolute Gasteiger partial charge is 0.137 e. The van der Waals surface area contributed by atoms with Crippen molar-refractivity contribution in [1.82, 2.24) is 5.32 Å². The average molecular weight is 300 g/mol. The summed E-state index contributed by atoms with van der Waals surface area (Å²) in [6.45, 7) is 1.96. The lowest BCUT2D eigenvalue weighted by molar-refractivity contribution is -0.119. The molecule has 0 spiro atoms. The largest absolute Gasteiger partial charge is 0.316 e. The average Bonchev–Trinajstić information content (AvgIpc) is 2.76. The van der Waals surface area contributed by atoms with Gasteiger partial charge in [0.2, 0.25) is 0 Å². The van der Waals surface area contributed by atoms with Gasteiger partial charge in [0.1, 0.15) is 11.6 Å². The SMILES string of the molecule is O=C(Cc1ccc(F)c(Br)c1)CC1CCNC1. The molecule has 1 atom stereocenters. The van der Waals surface area contributed by atoms with Crippen molar-refractivity contribution in [2.24, 2.45) is 5.92 Å². The third kappa shape index (κ3) is 3.61. The van der Waals surface area contributed by atoms with Crippen molar-refractivity contribution in [1.29, 1.82) is 0 Å². The third-order valence-electron chi connectivity index (χ3n) is 3.06. The number of Topliss-reactive ketones (excluding diaryl/α,β-unsaturated/α-hetero) is 1. The number of carbonyl (C=O) groups is 1. The normalized spacial score (nSPS) is 19.5. The zero-order valence-corrected chi connectivity index (χ0v) is 11.1. The van der Waals surface area contributed by atoms with Gasteiger partial charge in [-0.3, -0.25) is 4.79 Å². The summed E-state index contributed by atoms with van der Waals surface area (Å²) in [6, 6.07) is 4.74. The van der Waals surface area contributed by atoms with E-state index in [4.69, 9.17) is 0 Å². The standard InChI is InChI=1S/C13H15BrFNO/c14-12-7-9(1-2-13(12)15)5-11(17)6-10-3-4-16-8-10/h1-2,7,10,16H,3-6,8H2. The predicted octanol–water partition coefficient (Wildman–Crippen LogP) is 2.70. The fourth-order valence-electron chi connectivity index (χ4n) is 2.16. The molecule has 1 unspecified atom stereocenters. The molecule has 1 fully saturated rings. The molecular formula is C13H15BrFNO. The molecule has 17 heavy (non-hydrogen) atoms. The van der Waals surface area contributed by atoms with Crippen molar-refractivity contribution in [3.8, 4) is 0 Å². The molecule has 4 heteroatoms. The summed E-state index contributed by atoms with van der Waals surface area (Å²) >= 11 is 3.13. The highest BCUT2D eigenvalue weighted by Crippen LogP contribution is 2.19. The minimum Gasteiger partial charge on any atom is -0.316 e. The second-order valence-corrected chi connectivity index (χ2v) is 5.38. The molecule has 1 N–H and O–H groups in total. The molecule has 0 bridgehead atoms. The highest BCUT2D eigenvalue weighted by molar-refractivity contribution is 9.10. The van der Waals surface area contributed by atoms with Crippen LogP contribution in [-0.2, 0) is 11.2 Å². The van der Waals surface area contributed by atoms with Crippen LogP contribution in [0.1, 0.15) is 18.4 Å². The Kier molecular flexibility index (Phi) is 4.29. The van der Waals surface area contributed by atoms with E-state index in [-0.39, 0.29) is 11.6 Å². The molecule has 0 amide bonds. The number of hydrogen-bond donors (Lipinski definition) is 1. The lowest BCUT2D eigenvalue weighted by atomic mass is 9.98. The van der Waals surface area contributed by atoms with E-state index in [9.17, 15) is 9.18 Å². The number of rotatable bonds is 4. The maximum Gasteiger partial charge on any atom is 0.137 e. The zero-order valence-electron chi connectivity index (χ0n) is 9.51. The van der Waals surface area contributed by atoms with Crippen LogP contribution in [0.2, 0.25) is 0 Å². The van der Waals surface area contributed by atoms with Crippen molar-refractivity contribution in [3.05, 3.63) is 34.1 Å². The van der Waals surface area contributed by atoms with E-state index >= 15 is 0 Å². The number of hydrogen-bond acceptors (Lipinski definition) is 2. The van der Waals surface area contributed by atoms with Gasteiger partial charge >= 0.3 is 0 Å². The molecule has 2 rings (SSSR count). The fraction of sp³-hybridized carbons (Fsp3) is 0.462. The Morgan fingerprint density at radius 3 is 3.00 bits per heavy atom. The molecule has 0 aliphatic carbocycles. The van der Waals surface area contributed by atoms with E-state index in [0.717, 1.165) is 25.1 Å². The van der Waals surface area contributed by atoms with E-state index in [2.05, 4.69) is 21.2 Å². The summed E-state index contributed by atoms with van der Waals surface area (Å²) in [4.78, 5) is 11.8. The molecular weight excluding hydrogens is 285 g/mol. The van der Waals surface area contributed by atoms with Crippen LogP contribution in [0.3, 0.4) is 0 Å². The highest BCUT2D eigenvalue weighted by atomic mass is 79.9. The summed E-state index contributed by atoms with van der Waals surface area (Å²) in [5.74, 6) is 0.421. The second kappa shape index (κ2) is 5.74. The first-order valence-electron chi connectivity index (χ1n) is 5.81. The molecule has 1 aliphatic heterocycles. The van der Waals surface area contributed by atoms with Crippen LogP contribution in [0.4, 0.5) is 4.39 Å². The molecule has 1 saturated heterocycles. The number of ketones is 1. The summed E-state index contributed by atoms with van der Waals surface area (Å²) < 4.78 is 13.4. The molecule has 1 heterocycles. The number of nitrogens with one attached hydrogen (secondary N) is 1. The van der Waals surface area contributed by atoms with Gasteiger partial charge in [0, 0.05) is 12.8 Å². The van der Waals surface area contributed by atoms with Crippen molar-refractivity contribution < 1.29 is 9.18 Å². The molecule has 0 aromatic heterocycles. The van der Waals surface area contributed by atoms with Crippen molar-refractivity contribution >= 4 is 21.7 Å². The molecule has 1 aliphatic rings. The van der Waals surface area contributed by atoms with Gasteiger partial charge in [0.05, 0.1) is 4.47 Å². The van der Waals surface area contributed by atoms with E-state index in [1.54, 1.807) is 12.1 Å². The lowest BCUT2D eigenvalue weighted by Gasteiger charge is -2.07. The Balaban J connectivity index is 1.90. The molecule has 0 radical (unpaired) electrons. The van der Waals surface area contributed by atoms with Gasteiger partial charge in [0.25, 0.3) is 0 Å². The Bertz CT molecular complexity index is 416. The van der Waals surface area contributed by atoms with Crippen LogP contribution >= 0.6 is 15.9 Å². The first-order valence-corrected chi connectivity index (χ1v) is 6.61. The first kappa shape index (κ1) is 12.7. The molecule has 1 aromatic carbocycles.